The number of sulfone groups is 2. The van der Waals surface area contributed by atoms with Gasteiger partial charge in [0.25, 0.3) is 0 Å². The van der Waals surface area contributed by atoms with Crippen molar-refractivity contribution in [3.05, 3.63) is 199 Å². The van der Waals surface area contributed by atoms with E-state index in [-0.39, 0.29) is 5.41 Å². The summed E-state index contributed by atoms with van der Waals surface area (Å²) in [4.78, 5) is 2.89. The number of aromatic nitrogens is 6. The van der Waals surface area contributed by atoms with E-state index in [0.717, 1.165) is 105 Å². The second kappa shape index (κ2) is 24.6. The number of nitrogens with two attached hydrogens (primary N) is 1. The number of quaternary nitrogens is 1. The van der Waals surface area contributed by atoms with Crippen LogP contribution in [0.3, 0.4) is 0 Å². The first kappa shape index (κ1) is 58.5. The Morgan fingerprint density at radius 2 is 1.29 bits per heavy atom. The summed E-state index contributed by atoms with van der Waals surface area (Å²) in [6, 6.07) is 37.4. The van der Waals surface area contributed by atoms with Crippen molar-refractivity contribution in [3.8, 4) is 33.6 Å². The fourth-order valence-electron chi connectivity index (χ4n) is 12.0. The summed E-state index contributed by atoms with van der Waals surface area (Å²) < 4.78 is 63.6. The number of rotatable bonds is 25. The number of hydrogen-bond acceptors (Lipinski definition) is 7. The van der Waals surface area contributed by atoms with Crippen LogP contribution < -0.4 is 19.0 Å². The zero-order valence-electron chi connectivity index (χ0n) is 48.7. The number of nitrogens with zero attached hydrogens (tertiary/aromatic N) is 7. The molecular formula is C66H78N8O4S4+4. The van der Waals surface area contributed by atoms with E-state index in [0.29, 0.717) is 9.79 Å². The van der Waals surface area contributed by atoms with Crippen molar-refractivity contribution >= 4 is 63.1 Å². The lowest BCUT2D eigenvalue weighted by atomic mass is 9.82. The first-order chi connectivity index (χ1) is 39.4. The Morgan fingerprint density at radius 1 is 0.683 bits per heavy atom. The second-order valence-electron chi connectivity index (χ2n) is 22.1. The van der Waals surface area contributed by atoms with Gasteiger partial charge in [0, 0.05) is 143 Å². The van der Waals surface area contributed by atoms with Crippen LogP contribution in [-0.4, -0.2) is 72.5 Å². The maximum absolute atomic E-state index is 12.5. The molecule has 16 heteroatoms. The minimum Gasteiger partial charge on any atom is -0.350 e. The molecule has 0 fully saturated rings. The molecule has 0 amide bonds. The van der Waals surface area contributed by atoms with Crippen LogP contribution in [0.4, 0.5) is 0 Å². The summed E-state index contributed by atoms with van der Waals surface area (Å²) in [7, 11) is -2.76. The van der Waals surface area contributed by atoms with Gasteiger partial charge in [-0.2, -0.15) is 9.13 Å². The molecule has 4 aromatic carbocycles. The minimum atomic E-state index is -3.32. The van der Waals surface area contributed by atoms with E-state index >= 15 is 0 Å². The number of hydrogen-bond donors (Lipinski definition) is 1. The summed E-state index contributed by atoms with van der Waals surface area (Å²) >= 11 is 0. The SMILES string of the molecule is C=CN(/C=C\[NH2+]CCSSCCn1cc[n+](CCCn2c(C)c(-c3cc[n+]4c(c3)C(C)(C)c3cc(S(C)(=O)=O)ccc3-4)c3ccccc32)c1)CCCn1c(C)c(-c2cc[n+](-c3ccc(S(C)(=O)=O)cc3CC)c(CC)c2)c2ccccc21. The molecule has 0 saturated carbocycles. The second-order valence-corrected chi connectivity index (χ2v) is 28.8. The molecule has 12 nitrogen and oxygen atoms in total. The Bertz CT molecular complexity index is 4120. The van der Waals surface area contributed by atoms with Crippen molar-refractivity contribution in [3.63, 3.8) is 0 Å². The van der Waals surface area contributed by atoms with Crippen LogP contribution >= 0.6 is 21.6 Å². The first-order valence-corrected chi connectivity index (χ1v) is 34.8. The molecule has 0 saturated heterocycles. The Balaban J connectivity index is 0.667. The Kier molecular flexibility index (Phi) is 17.6. The molecule has 82 heavy (non-hydrogen) atoms. The van der Waals surface area contributed by atoms with E-state index < -0.39 is 19.7 Å². The highest BCUT2D eigenvalue weighted by atomic mass is 33.1. The van der Waals surface area contributed by atoms with Crippen molar-refractivity contribution in [1.29, 1.82) is 0 Å². The van der Waals surface area contributed by atoms with Gasteiger partial charge >= 0.3 is 0 Å². The maximum atomic E-state index is 12.5. The third-order valence-electron chi connectivity index (χ3n) is 16.4. The van der Waals surface area contributed by atoms with Gasteiger partial charge in [-0.05, 0) is 94.3 Å². The highest BCUT2D eigenvalue weighted by molar-refractivity contribution is 8.76. The lowest BCUT2D eigenvalue weighted by molar-refractivity contribution is -0.697. The molecule has 0 bridgehead atoms. The number of benzene rings is 4. The molecule has 0 aliphatic carbocycles. The predicted octanol–water partition coefficient (Wildman–Crippen LogP) is 10.8. The Hall–Kier alpha value is -6.69. The minimum absolute atomic E-state index is 0.354. The molecule has 0 unspecified atom stereocenters. The average Bonchev–Trinajstić information content (AvgIpc) is 2.75. The summed E-state index contributed by atoms with van der Waals surface area (Å²) in [6.45, 7) is 22.7. The third-order valence-corrected chi connectivity index (χ3v) is 21.0. The standard InChI is InChI=1S/C66H77N8O4S4/c1-10-50-44-54(81(8,75)76)23-25-59(50)73-35-27-51(43-53(73)11-2)64-48(4)71(60-21-15-13-19-56(60)64)33-17-31-68(12-3)37-29-67-30-41-79-80-42-40-70-39-38-69(47-70)32-18-34-72-49(5)65(57-20-14-16-22-61(57)72)52-28-36-74-62-26-24-55(82(9,77)78)46-58(62)66(6,7)63(74)45-52/h12-16,19-29,35-39,43-47,67H,3,10-11,17-18,30-34,40-42H2,1-2,4-9H3/q+3/p+1/b37-29-. The van der Waals surface area contributed by atoms with Crippen LogP contribution in [0.1, 0.15) is 74.4 Å². The molecule has 0 atom stereocenters. The molecular weight excluding hydrogens is 1100 g/mol. The number of para-hydroxylation sites is 2. The average molecular weight is 1180 g/mol. The Morgan fingerprint density at radius 3 is 1.94 bits per heavy atom. The third kappa shape index (κ3) is 12.1. The van der Waals surface area contributed by atoms with E-state index in [1.165, 1.54) is 73.7 Å². The van der Waals surface area contributed by atoms with Crippen LogP contribution in [0.2, 0.25) is 0 Å². The zero-order valence-corrected chi connectivity index (χ0v) is 51.9. The lowest BCUT2D eigenvalue weighted by Crippen LogP contribution is -2.78. The monoisotopic (exact) mass is 1170 g/mol. The van der Waals surface area contributed by atoms with Gasteiger partial charge < -0.3 is 19.4 Å². The summed E-state index contributed by atoms with van der Waals surface area (Å²) in [5.74, 6) is 2.09. The van der Waals surface area contributed by atoms with Gasteiger partial charge in [-0.25, -0.2) is 26.0 Å². The van der Waals surface area contributed by atoms with Crippen molar-refractivity contribution in [2.45, 2.75) is 109 Å². The van der Waals surface area contributed by atoms with E-state index in [1.54, 1.807) is 12.1 Å². The van der Waals surface area contributed by atoms with Gasteiger partial charge in [0.1, 0.15) is 18.6 Å². The number of fused-ring (bicyclic) bond motifs is 5. The van der Waals surface area contributed by atoms with Crippen LogP contribution in [0.15, 0.2) is 175 Å². The molecule has 6 heterocycles. The number of aryl methyl sites for hydroxylation is 6. The van der Waals surface area contributed by atoms with E-state index in [2.05, 4.69) is 202 Å². The van der Waals surface area contributed by atoms with Crippen LogP contribution in [0.25, 0.3) is 55.4 Å². The van der Waals surface area contributed by atoms with Crippen LogP contribution in [-0.2, 0) is 64.1 Å². The molecule has 0 spiro atoms. The van der Waals surface area contributed by atoms with Crippen LogP contribution in [0, 0.1) is 13.8 Å². The summed E-state index contributed by atoms with van der Waals surface area (Å²) in [5.41, 5.74) is 15.8. The first-order valence-electron chi connectivity index (χ1n) is 28.5. The fourth-order valence-corrected chi connectivity index (χ4v) is 15.3. The van der Waals surface area contributed by atoms with Gasteiger partial charge in [0.15, 0.2) is 43.5 Å². The van der Waals surface area contributed by atoms with Gasteiger partial charge in [0.2, 0.25) is 17.7 Å². The van der Waals surface area contributed by atoms with E-state index in [9.17, 15) is 16.8 Å². The summed E-state index contributed by atoms with van der Waals surface area (Å²) in [6.07, 6.45) is 23.2. The topological polar surface area (TPSA) is 115 Å². The van der Waals surface area contributed by atoms with Crippen molar-refractivity contribution in [2.75, 3.05) is 37.1 Å². The molecule has 426 valence electrons. The maximum Gasteiger partial charge on any atom is 0.243 e. The molecule has 1 aliphatic rings. The molecule has 1 aliphatic heterocycles. The summed E-state index contributed by atoms with van der Waals surface area (Å²) in [5, 5.41) is 4.74. The largest absolute Gasteiger partial charge is 0.350 e. The lowest BCUT2D eigenvalue weighted by Gasteiger charge is -2.15. The van der Waals surface area contributed by atoms with E-state index in [4.69, 9.17) is 0 Å². The zero-order chi connectivity index (χ0) is 57.9. The highest BCUT2D eigenvalue weighted by Gasteiger charge is 2.44. The molecule has 2 N–H and O–H groups in total. The number of imidazole rings is 1. The molecule has 5 aromatic heterocycles. The highest BCUT2D eigenvalue weighted by Crippen LogP contribution is 2.42. The Labute approximate surface area is 493 Å². The van der Waals surface area contributed by atoms with Gasteiger partial charge in [0.05, 0.1) is 46.8 Å². The molecule has 9 aromatic rings. The quantitative estimate of drug-likeness (QED) is 0.0344. The smallest absolute Gasteiger partial charge is 0.243 e. The van der Waals surface area contributed by atoms with Gasteiger partial charge in [-0.15, -0.1) is 0 Å². The normalized spacial score (nSPS) is 13.2. The van der Waals surface area contributed by atoms with E-state index in [1.807, 2.05) is 52.1 Å². The van der Waals surface area contributed by atoms with Crippen molar-refractivity contribution in [2.24, 2.45) is 0 Å². The molecule has 0 radical (unpaired) electrons. The number of pyridine rings is 2. The fraction of sp³-hybridized carbons (Fsp3) is 0.318. The van der Waals surface area contributed by atoms with Crippen LogP contribution in [0.5, 0.6) is 0 Å². The molecule has 10 rings (SSSR count). The van der Waals surface area contributed by atoms with Crippen molar-refractivity contribution in [1.82, 2.24) is 18.6 Å². The van der Waals surface area contributed by atoms with Crippen molar-refractivity contribution < 1.29 is 35.9 Å². The van der Waals surface area contributed by atoms with Gasteiger partial charge in [-0.3, -0.25) is 0 Å². The van der Waals surface area contributed by atoms with Gasteiger partial charge in [-0.1, -0.05) is 78.4 Å². The predicted molar refractivity (Wildman–Crippen MR) is 336 cm³/mol.